The second kappa shape index (κ2) is 9.50. The molecule has 1 aliphatic rings. The van der Waals surface area contributed by atoms with E-state index in [9.17, 15) is 4.79 Å². The van der Waals surface area contributed by atoms with Crippen molar-refractivity contribution in [2.24, 2.45) is 0 Å². The van der Waals surface area contributed by atoms with Gasteiger partial charge in [-0.1, -0.05) is 6.92 Å². The van der Waals surface area contributed by atoms with Gasteiger partial charge in [0.25, 0.3) is 0 Å². The Hall–Kier alpha value is -0.400. The first-order valence-corrected chi connectivity index (χ1v) is 6.69. The molecule has 110 valence electrons. The van der Waals surface area contributed by atoms with Gasteiger partial charge in [-0.15, -0.1) is 36.2 Å². The monoisotopic (exact) mass is 327 g/mol. The fourth-order valence-electron chi connectivity index (χ4n) is 1.63. The number of aryl methyl sites for hydroxylation is 1. The zero-order chi connectivity index (χ0) is 12.1. The molecule has 1 aliphatic heterocycles. The summed E-state index contributed by atoms with van der Waals surface area (Å²) >= 11 is 1.63. The van der Waals surface area contributed by atoms with Crippen molar-refractivity contribution in [3.8, 4) is 0 Å². The van der Waals surface area contributed by atoms with Gasteiger partial charge in [0.15, 0.2) is 0 Å². The molecule has 2 N–H and O–H groups in total. The second-order valence-electron chi connectivity index (χ2n) is 3.89. The molecule has 8 heteroatoms. The van der Waals surface area contributed by atoms with E-state index in [1.54, 1.807) is 11.3 Å². The standard InChI is InChI=1S/C11H17N3O2S.2ClH/c1-2-10-14-8(7-17-10)5-13-11(15)9-6-16-4-3-12-9;;/h7,9,12H,2-6H2,1H3,(H,13,15);2*1H. The molecule has 1 aromatic heterocycles. The van der Waals surface area contributed by atoms with Crippen molar-refractivity contribution < 1.29 is 9.53 Å². The number of amides is 1. The lowest BCUT2D eigenvalue weighted by Crippen LogP contribution is -2.51. The summed E-state index contributed by atoms with van der Waals surface area (Å²) in [5.74, 6) is -0.0178. The predicted molar refractivity (Wildman–Crippen MR) is 80.4 cm³/mol. The lowest BCUT2D eigenvalue weighted by Gasteiger charge is -2.22. The highest BCUT2D eigenvalue weighted by atomic mass is 35.5. The van der Waals surface area contributed by atoms with Crippen molar-refractivity contribution in [1.82, 2.24) is 15.6 Å². The van der Waals surface area contributed by atoms with Crippen molar-refractivity contribution in [3.63, 3.8) is 0 Å². The number of carbonyl (C=O) groups excluding carboxylic acids is 1. The Balaban J connectivity index is 0.00000162. The number of hydrogen-bond acceptors (Lipinski definition) is 5. The van der Waals surface area contributed by atoms with Crippen LogP contribution in [0.3, 0.4) is 0 Å². The van der Waals surface area contributed by atoms with Gasteiger partial charge in [0.05, 0.1) is 30.5 Å². The number of aromatic nitrogens is 1. The van der Waals surface area contributed by atoms with E-state index in [1.807, 2.05) is 5.38 Å². The number of thiazole rings is 1. The van der Waals surface area contributed by atoms with Crippen LogP contribution in [0.25, 0.3) is 0 Å². The Morgan fingerprint density at radius 2 is 2.42 bits per heavy atom. The van der Waals surface area contributed by atoms with Crippen molar-refractivity contribution in [2.75, 3.05) is 19.8 Å². The molecule has 5 nitrogen and oxygen atoms in total. The minimum absolute atomic E-state index is 0. The number of nitrogens with one attached hydrogen (secondary N) is 2. The number of nitrogens with zero attached hydrogens (tertiary/aromatic N) is 1. The highest BCUT2D eigenvalue weighted by molar-refractivity contribution is 7.09. The average molecular weight is 328 g/mol. The molecule has 1 aromatic rings. The Morgan fingerprint density at radius 1 is 1.63 bits per heavy atom. The van der Waals surface area contributed by atoms with Gasteiger partial charge in [-0.05, 0) is 6.42 Å². The van der Waals surface area contributed by atoms with E-state index in [0.717, 1.165) is 23.7 Å². The summed E-state index contributed by atoms with van der Waals surface area (Å²) in [6.45, 7) is 4.42. The van der Waals surface area contributed by atoms with Crippen LogP contribution in [-0.4, -0.2) is 36.7 Å². The third kappa shape index (κ3) is 5.62. The van der Waals surface area contributed by atoms with Gasteiger partial charge in [0.1, 0.15) is 6.04 Å². The maximum absolute atomic E-state index is 11.8. The minimum Gasteiger partial charge on any atom is -0.378 e. The summed E-state index contributed by atoms with van der Waals surface area (Å²) in [6.07, 6.45) is 0.941. The van der Waals surface area contributed by atoms with E-state index in [0.29, 0.717) is 19.8 Å². The molecule has 1 saturated heterocycles. The van der Waals surface area contributed by atoms with Crippen LogP contribution < -0.4 is 10.6 Å². The summed E-state index contributed by atoms with van der Waals surface area (Å²) in [4.78, 5) is 16.2. The van der Waals surface area contributed by atoms with E-state index in [2.05, 4.69) is 22.5 Å². The first-order chi connectivity index (χ1) is 8.29. The molecule has 1 fully saturated rings. The summed E-state index contributed by atoms with van der Waals surface area (Å²) < 4.78 is 5.24. The predicted octanol–water partition coefficient (Wildman–Crippen LogP) is 1.15. The fourth-order valence-corrected chi connectivity index (χ4v) is 2.37. The highest BCUT2D eigenvalue weighted by Gasteiger charge is 2.20. The Kier molecular flexibility index (Phi) is 9.30. The van der Waals surface area contributed by atoms with Gasteiger partial charge in [0, 0.05) is 11.9 Å². The zero-order valence-corrected chi connectivity index (χ0v) is 13.1. The molecule has 0 radical (unpaired) electrons. The first kappa shape index (κ1) is 18.6. The molecule has 1 amide bonds. The number of rotatable bonds is 4. The molecule has 2 rings (SSSR count). The maximum Gasteiger partial charge on any atom is 0.239 e. The van der Waals surface area contributed by atoms with Gasteiger partial charge < -0.3 is 15.4 Å². The number of morpholine rings is 1. The van der Waals surface area contributed by atoms with E-state index in [1.165, 1.54) is 0 Å². The lowest BCUT2D eigenvalue weighted by atomic mass is 10.2. The van der Waals surface area contributed by atoms with Crippen LogP contribution >= 0.6 is 36.2 Å². The fraction of sp³-hybridized carbons (Fsp3) is 0.636. The molecule has 19 heavy (non-hydrogen) atoms. The molecule has 0 spiro atoms. The normalized spacial score (nSPS) is 18.1. The third-order valence-electron chi connectivity index (χ3n) is 2.58. The van der Waals surface area contributed by atoms with Gasteiger partial charge >= 0.3 is 0 Å². The van der Waals surface area contributed by atoms with Gasteiger partial charge in [-0.25, -0.2) is 4.98 Å². The molecule has 1 unspecified atom stereocenters. The highest BCUT2D eigenvalue weighted by Crippen LogP contribution is 2.09. The average Bonchev–Trinajstić information content (AvgIpc) is 2.85. The number of ether oxygens (including phenoxy) is 1. The third-order valence-corrected chi connectivity index (χ3v) is 3.63. The van der Waals surface area contributed by atoms with Crippen LogP contribution in [0.15, 0.2) is 5.38 Å². The van der Waals surface area contributed by atoms with E-state index < -0.39 is 0 Å². The number of carbonyl (C=O) groups is 1. The molecule has 2 heterocycles. The smallest absolute Gasteiger partial charge is 0.239 e. The molecular formula is C11H19Cl2N3O2S. The van der Waals surface area contributed by atoms with E-state index in [-0.39, 0.29) is 36.8 Å². The van der Waals surface area contributed by atoms with Crippen molar-refractivity contribution in [1.29, 1.82) is 0 Å². The number of halogens is 2. The van der Waals surface area contributed by atoms with Crippen LogP contribution in [0.2, 0.25) is 0 Å². The maximum atomic E-state index is 11.8. The summed E-state index contributed by atoms with van der Waals surface area (Å²) in [7, 11) is 0. The Morgan fingerprint density at radius 3 is 3.00 bits per heavy atom. The van der Waals surface area contributed by atoms with Gasteiger partial charge in [0.2, 0.25) is 5.91 Å². The molecule has 0 aliphatic carbocycles. The number of hydrogen-bond donors (Lipinski definition) is 2. The molecule has 1 atom stereocenters. The van der Waals surface area contributed by atoms with Crippen LogP contribution in [0.1, 0.15) is 17.6 Å². The van der Waals surface area contributed by atoms with E-state index in [4.69, 9.17) is 4.74 Å². The van der Waals surface area contributed by atoms with Crippen molar-refractivity contribution >= 4 is 42.1 Å². The molecular weight excluding hydrogens is 309 g/mol. The van der Waals surface area contributed by atoms with Crippen LogP contribution in [0.4, 0.5) is 0 Å². The summed E-state index contributed by atoms with van der Waals surface area (Å²) in [6, 6.07) is -0.229. The largest absolute Gasteiger partial charge is 0.378 e. The quantitative estimate of drug-likeness (QED) is 0.870. The topological polar surface area (TPSA) is 63.2 Å². The van der Waals surface area contributed by atoms with Gasteiger partial charge in [-0.2, -0.15) is 0 Å². The van der Waals surface area contributed by atoms with Crippen LogP contribution in [0, 0.1) is 0 Å². The Labute approximate surface area is 129 Å². The molecule has 0 aromatic carbocycles. The van der Waals surface area contributed by atoms with Gasteiger partial charge in [-0.3, -0.25) is 4.79 Å². The zero-order valence-electron chi connectivity index (χ0n) is 10.7. The van der Waals surface area contributed by atoms with Crippen LogP contribution in [0.5, 0.6) is 0 Å². The molecule has 0 bridgehead atoms. The molecule has 0 saturated carbocycles. The van der Waals surface area contributed by atoms with Crippen molar-refractivity contribution in [2.45, 2.75) is 25.9 Å². The summed E-state index contributed by atoms with van der Waals surface area (Å²) in [5.41, 5.74) is 0.928. The summed E-state index contributed by atoms with van der Waals surface area (Å²) in [5, 5.41) is 9.08. The van der Waals surface area contributed by atoms with Crippen molar-refractivity contribution in [3.05, 3.63) is 16.1 Å². The van der Waals surface area contributed by atoms with E-state index >= 15 is 0 Å². The second-order valence-corrected chi connectivity index (χ2v) is 4.83. The first-order valence-electron chi connectivity index (χ1n) is 5.81. The lowest BCUT2D eigenvalue weighted by molar-refractivity contribution is -0.126. The minimum atomic E-state index is -0.229. The van der Waals surface area contributed by atoms with Crippen LogP contribution in [-0.2, 0) is 22.5 Å². The Bertz CT molecular complexity index is 384. The SMILES string of the molecule is CCc1nc(CNC(=O)C2COCCN2)cs1.Cl.Cl.